The number of hydrogen-bond donors (Lipinski definition) is 3. The fourth-order valence-electron chi connectivity index (χ4n) is 1.95. The fourth-order valence-corrected chi connectivity index (χ4v) is 1.95. The highest BCUT2D eigenvalue weighted by Crippen LogP contribution is 2.08. The summed E-state index contributed by atoms with van der Waals surface area (Å²) in [6, 6.07) is 6.36. The van der Waals surface area contributed by atoms with Crippen LogP contribution >= 0.6 is 0 Å². The first-order valence-electron chi connectivity index (χ1n) is 6.91. The van der Waals surface area contributed by atoms with Crippen LogP contribution in [0.3, 0.4) is 0 Å². The van der Waals surface area contributed by atoms with Crippen molar-refractivity contribution in [3.05, 3.63) is 35.4 Å². The third-order valence-electron chi connectivity index (χ3n) is 3.15. The van der Waals surface area contributed by atoms with Crippen molar-refractivity contribution in [1.82, 2.24) is 10.6 Å². The van der Waals surface area contributed by atoms with Crippen LogP contribution in [0.25, 0.3) is 0 Å². The Hall–Kier alpha value is -2.08. The van der Waals surface area contributed by atoms with Gasteiger partial charge < -0.3 is 20.5 Å². The standard InChI is InChI=1S/C15H22N2O4/c1-3-11-6-4-5-7-12(11)10-16-15(20)17-13(14(18)19)8-9-21-2/h4-7,13H,3,8-10H2,1-2H3,(H,18,19)(H2,16,17,20). The number of ether oxygens (including phenoxy) is 1. The maximum atomic E-state index is 11.8. The number of benzene rings is 1. The van der Waals surface area contributed by atoms with Crippen molar-refractivity contribution < 1.29 is 19.4 Å². The van der Waals surface area contributed by atoms with E-state index in [9.17, 15) is 9.59 Å². The van der Waals surface area contributed by atoms with Crippen molar-refractivity contribution in [2.24, 2.45) is 0 Å². The number of methoxy groups -OCH3 is 1. The van der Waals surface area contributed by atoms with Crippen molar-refractivity contribution in [2.75, 3.05) is 13.7 Å². The van der Waals surface area contributed by atoms with E-state index in [0.29, 0.717) is 6.54 Å². The Labute approximate surface area is 124 Å². The minimum absolute atomic E-state index is 0.227. The summed E-state index contributed by atoms with van der Waals surface area (Å²) in [6.45, 7) is 2.69. The molecule has 2 amide bonds. The number of urea groups is 1. The number of carboxylic acid groups (broad SMARTS) is 1. The van der Waals surface area contributed by atoms with E-state index >= 15 is 0 Å². The fraction of sp³-hybridized carbons (Fsp3) is 0.467. The Morgan fingerprint density at radius 3 is 2.52 bits per heavy atom. The number of carboxylic acids is 1. The van der Waals surface area contributed by atoms with Gasteiger partial charge in [0.2, 0.25) is 0 Å². The van der Waals surface area contributed by atoms with Gasteiger partial charge in [-0.15, -0.1) is 0 Å². The van der Waals surface area contributed by atoms with Crippen LogP contribution in [0.2, 0.25) is 0 Å². The van der Waals surface area contributed by atoms with Gasteiger partial charge in [-0.1, -0.05) is 31.2 Å². The first-order valence-corrected chi connectivity index (χ1v) is 6.91. The Morgan fingerprint density at radius 2 is 1.95 bits per heavy atom. The van der Waals surface area contributed by atoms with Crippen molar-refractivity contribution in [1.29, 1.82) is 0 Å². The van der Waals surface area contributed by atoms with Crippen LogP contribution in [0.1, 0.15) is 24.5 Å². The summed E-state index contributed by atoms with van der Waals surface area (Å²) >= 11 is 0. The number of nitrogens with one attached hydrogen (secondary N) is 2. The van der Waals surface area contributed by atoms with Gasteiger partial charge in [0.05, 0.1) is 0 Å². The van der Waals surface area contributed by atoms with Crippen molar-refractivity contribution >= 4 is 12.0 Å². The van der Waals surface area contributed by atoms with Crippen molar-refractivity contribution in [3.63, 3.8) is 0 Å². The molecule has 0 heterocycles. The number of amides is 2. The lowest BCUT2D eigenvalue weighted by Crippen LogP contribution is -2.46. The largest absolute Gasteiger partial charge is 0.480 e. The molecule has 116 valence electrons. The maximum absolute atomic E-state index is 11.8. The predicted octanol–water partition coefficient (Wildman–Crippen LogP) is 1.54. The number of carbonyl (C=O) groups is 2. The molecule has 0 aromatic heterocycles. The lowest BCUT2D eigenvalue weighted by Gasteiger charge is -2.15. The Morgan fingerprint density at radius 1 is 1.29 bits per heavy atom. The molecule has 0 saturated heterocycles. The molecule has 1 rings (SSSR count). The second-order valence-corrected chi connectivity index (χ2v) is 4.62. The van der Waals surface area contributed by atoms with E-state index in [0.717, 1.165) is 17.5 Å². The summed E-state index contributed by atoms with van der Waals surface area (Å²) in [6.07, 6.45) is 1.11. The monoisotopic (exact) mass is 294 g/mol. The van der Waals surface area contributed by atoms with E-state index in [4.69, 9.17) is 9.84 Å². The molecular weight excluding hydrogens is 272 g/mol. The van der Waals surface area contributed by atoms with Crippen molar-refractivity contribution in [3.8, 4) is 0 Å². The average molecular weight is 294 g/mol. The summed E-state index contributed by atoms with van der Waals surface area (Å²) in [5, 5.41) is 14.1. The van der Waals surface area contributed by atoms with Gasteiger partial charge in [-0.05, 0) is 17.5 Å². The molecule has 0 fully saturated rings. The van der Waals surface area contributed by atoms with Crippen LogP contribution < -0.4 is 10.6 Å². The van der Waals surface area contributed by atoms with E-state index in [1.54, 1.807) is 0 Å². The summed E-state index contributed by atoms with van der Waals surface area (Å²) in [7, 11) is 1.49. The molecule has 21 heavy (non-hydrogen) atoms. The van der Waals surface area contributed by atoms with Gasteiger partial charge in [0.25, 0.3) is 0 Å². The second-order valence-electron chi connectivity index (χ2n) is 4.62. The summed E-state index contributed by atoms with van der Waals surface area (Å²) in [5.41, 5.74) is 2.19. The lowest BCUT2D eigenvalue weighted by molar-refractivity contribution is -0.139. The van der Waals surface area contributed by atoms with E-state index in [-0.39, 0.29) is 13.0 Å². The van der Waals surface area contributed by atoms with E-state index in [1.165, 1.54) is 7.11 Å². The molecule has 0 bridgehead atoms. The number of carbonyl (C=O) groups excluding carboxylic acids is 1. The highest BCUT2D eigenvalue weighted by Gasteiger charge is 2.19. The second kappa shape index (κ2) is 8.97. The molecule has 6 heteroatoms. The van der Waals surface area contributed by atoms with Crippen LogP contribution in [-0.2, 0) is 22.5 Å². The molecule has 1 aromatic carbocycles. The van der Waals surface area contributed by atoms with Crippen LogP contribution in [0.5, 0.6) is 0 Å². The quantitative estimate of drug-likeness (QED) is 0.678. The molecule has 1 aromatic rings. The Kier molecular flexibility index (Phi) is 7.25. The zero-order valence-electron chi connectivity index (χ0n) is 12.4. The molecule has 0 aliphatic heterocycles. The summed E-state index contributed by atoms with van der Waals surface area (Å²) < 4.78 is 4.83. The molecule has 0 aliphatic rings. The number of hydrogen-bond acceptors (Lipinski definition) is 3. The van der Waals surface area contributed by atoms with Gasteiger partial charge in [-0.2, -0.15) is 0 Å². The number of rotatable bonds is 8. The zero-order chi connectivity index (χ0) is 15.7. The Bertz CT molecular complexity index is 476. The smallest absolute Gasteiger partial charge is 0.326 e. The number of aryl methyl sites for hydroxylation is 1. The molecular formula is C15H22N2O4. The molecule has 1 unspecified atom stereocenters. The van der Waals surface area contributed by atoms with Crippen LogP contribution in [0, 0.1) is 0 Å². The minimum atomic E-state index is -1.07. The molecule has 0 saturated carbocycles. The predicted molar refractivity (Wildman–Crippen MR) is 79.1 cm³/mol. The van der Waals surface area contributed by atoms with Gasteiger partial charge in [-0.25, -0.2) is 9.59 Å². The van der Waals surface area contributed by atoms with Gasteiger partial charge in [-0.3, -0.25) is 0 Å². The Balaban J connectivity index is 2.50. The normalized spacial score (nSPS) is 11.7. The van der Waals surface area contributed by atoms with E-state index in [2.05, 4.69) is 10.6 Å². The minimum Gasteiger partial charge on any atom is -0.480 e. The average Bonchev–Trinajstić information content (AvgIpc) is 2.49. The first-order chi connectivity index (χ1) is 10.1. The van der Waals surface area contributed by atoms with Gasteiger partial charge >= 0.3 is 12.0 Å². The SMILES string of the molecule is CCc1ccccc1CNC(=O)NC(CCOC)C(=O)O. The maximum Gasteiger partial charge on any atom is 0.326 e. The van der Waals surface area contributed by atoms with Crippen molar-refractivity contribution in [2.45, 2.75) is 32.4 Å². The van der Waals surface area contributed by atoms with E-state index in [1.807, 2.05) is 31.2 Å². The molecule has 0 radical (unpaired) electrons. The highest BCUT2D eigenvalue weighted by molar-refractivity contribution is 5.82. The van der Waals surface area contributed by atoms with Gasteiger partial charge in [0.15, 0.2) is 0 Å². The van der Waals surface area contributed by atoms with E-state index < -0.39 is 18.0 Å². The van der Waals surface area contributed by atoms with Gasteiger partial charge in [0.1, 0.15) is 6.04 Å². The topological polar surface area (TPSA) is 87.7 Å². The van der Waals surface area contributed by atoms with Gasteiger partial charge in [0, 0.05) is 26.7 Å². The molecule has 0 aliphatic carbocycles. The molecule has 6 nitrogen and oxygen atoms in total. The van der Waals surface area contributed by atoms with Crippen LogP contribution in [0.4, 0.5) is 4.79 Å². The first kappa shape index (κ1) is 17.0. The lowest BCUT2D eigenvalue weighted by atomic mass is 10.1. The third-order valence-corrected chi connectivity index (χ3v) is 3.15. The molecule has 3 N–H and O–H groups in total. The zero-order valence-corrected chi connectivity index (χ0v) is 12.4. The molecule has 1 atom stereocenters. The molecule has 0 spiro atoms. The highest BCUT2D eigenvalue weighted by atomic mass is 16.5. The number of aliphatic carboxylic acids is 1. The van der Waals surface area contributed by atoms with Crippen LogP contribution in [-0.4, -0.2) is 36.9 Å². The third kappa shape index (κ3) is 5.83. The van der Waals surface area contributed by atoms with Crippen LogP contribution in [0.15, 0.2) is 24.3 Å². The summed E-state index contributed by atoms with van der Waals surface area (Å²) in [4.78, 5) is 22.8. The summed E-state index contributed by atoms with van der Waals surface area (Å²) in [5.74, 6) is -1.07.